The van der Waals surface area contributed by atoms with Crippen LogP contribution in [0.4, 0.5) is 0 Å². The third kappa shape index (κ3) is 4.64. The molecule has 0 aromatic heterocycles. The molecule has 3 rings (SSSR count). The molecule has 1 atom stereocenters. The largest absolute Gasteiger partial charge is 0.497 e. The van der Waals surface area contributed by atoms with Crippen LogP contribution in [-0.4, -0.2) is 44.3 Å². The first kappa shape index (κ1) is 21.8. The van der Waals surface area contributed by atoms with Crippen molar-refractivity contribution >= 4 is 5.91 Å². The van der Waals surface area contributed by atoms with Gasteiger partial charge in [-0.05, 0) is 63.4 Å². The second-order valence-corrected chi connectivity index (χ2v) is 7.03. The number of carbonyl (C=O) groups excluding carboxylic acids is 1. The summed E-state index contributed by atoms with van der Waals surface area (Å²) in [6, 6.07) is 11.5. The lowest BCUT2D eigenvalue weighted by Crippen LogP contribution is -2.30. The summed E-state index contributed by atoms with van der Waals surface area (Å²) in [5.41, 5.74) is 1.66. The number of amides is 1. The van der Waals surface area contributed by atoms with Crippen molar-refractivity contribution in [2.45, 2.75) is 39.7 Å². The lowest BCUT2D eigenvalue weighted by molar-refractivity contribution is 0.0734. The molecule has 0 radical (unpaired) electrons. The Hall–Kier alpha value is -2.89. The van der Waals surface area contributed by atoms with Gasteiger partial charge in [0.1, 0.15) is 5.75 Å². The van der Waals surface area contributed by atoms with Gasteiger partial charge in [-0.1, -0.05) is 12.1 Å². The maximum Gasteiger partial charge on any atom is 0.254 e. The number of benzene rings is 2. The molecule has 0 aliphatic carbocycles. The molecule has 1 amide bonds. The van der Waals surface area contributed by atoms with E-state index in [1.54, 1.807) is 19.2 Å². The summed E-state index contributed by atoms with van der Waals surface area (Å²) in [4.78, 5) is 15.4. The predicted octanol–water partition coefficient (Wildman–Crippen LogP) is 4.87. The fourth-order valence-electron chi connectivity index (χ4n) is 3.86. The highest BCUT2D eigenvalue weighted by Crippen LogP contribution is 2.41. The Labute approximate surface area is 178 Å². The van der Waals surface area contributed by atoms with Gasteiger partial charge in [-0.15, -0.1) is 0 Å². The van der Waals surface area contributed by atoms with Gasteiger partial charge in [0, 0.05) is 12.1 Å². The van der Waals surface area contributed by atoms with E-state index in [1.165, 1.54) is 0 Å². The molecule has 1 saturated heterocycles. The van der Waals surface area contributed by atoms with E-state index < -0.39 is 0 Å². The molecule has 0 saturated carbocycles. The minimum Gasteiger partial charge on any atom is -0.497 e. The Bertz CT molecular complexity index is 822. The van der Waals surface area contributed by atoms with Gasteiger partial charge >= 0.3 is 0 Å². The Balaban J connectivity index is 1.93. The van der Waals surface area contributed by atoms with Crippen molar-refractivity contribution < 1.29 is 23.7 Å². The molecule has 1 heterocycles. The molecular formula is C24H31NO5. The van der Waals surface area contributed by atoms with Crippen LogP contribution in [0, 0.1) is 0 Å². The van der Waals surface area contributed by atoms with E-state index >= 15 is 0 Å². The Morgan fingerprint density at radius 1 is 0.967 bits per heavy atom. The lowest BCUT2D eigenvalue weighted by atomic mass is 10.0. The van der Waals surface area contributed by atoms with Crippen LogP contribution in [0.25, 0.3) is 0 Å². The monoisotopic (exact) mass is 413 g/mol. The Kier molecular flexibility index (Phi) is 7.44. The first-order valence-electron chi connectivity index (χ1n) is 10.6. The number of nitrogens with zero attached hydrogens (tertiary/aromatic N) is 1. The van der Waals surface area contributed by atoms with Crippen LogP contribution >= 0.6 is 0 Å². The minimum atomic E-state index is -0.0294. The van der Waals surface area contributed by atoms with E-state index in [9.17, 15) is 4.79 Å². The van der Waals surface area contributed by atoms with Crippen molar-refractivity contribution in [3.05, 3.63) is 47.5 Å². The fraction of sp³-hybridized carbons (Fsp3) is 0.458. The van der Waals surface area contributed by atoms with Gasteiger partial charge in [-0.25, -0.2) is 0 Å². The number of carbonyl (C=O) groups is 1. The van der Waals surface area contributed by atoms with Crippen molar-refractivity contribution in [1.82, 2.24) is 4.90 Å². The highest BCUT2D eigenvalue weighted by Gasteiger charge is 2.32. The van der Waals surface area contributed by atoms with E-state index in [2.05, 4.69) is 0 Å². The zero-order chi connectivity index (χ0) is 21.5. The van der Waals surface area contributed by atoms with Crippen molar-refractivity contribution in [2.75, 3.05) is 33.5 Å². The van der Waals surface area contributed by atoms with Crippen molar-refractivity contribution in [2.24, 2.45) is 0 Å². The van der Waals surface area contributed by atoms with E-state index in [4.69, 9.17) is 18.9 Å². The zero-order valence-electron chi connectivity index (χ0n) is 18.3. The average Bonchev–Trinajstić information content (AvgIpc) is 3.25. The van der Waals surface area contributed by atoms with Crippen LogP contribution in [0.5, 0.6) is 23.0 Å². The van der Waals surface area contributed by atoms with Crippen LogP contribution in [-0.2, 0) is 0 Å². The molecule has 30 heavy (non-hydrogen) atoms. The van der Waals surface area contributed by atoms with Crippen molar-refractivity contribution in [1.29, 1.82) is 0 Å². The molecule has 1 aliphatic rings. The molecule has 2 aromatic carbocycles. The second kappa shape index (κ2) is 10.2. The molecule has 6 nitrogen and oxygen atoms in total. The summed E-state index contributed by atoms with van der Waals surface area (Å²) in [5.74, 6) is 2.40. The number of hydrogen-bond donors (Lipinski definition) is 0. The van der Waals surface area contributed by atoms with Gasteiger partial charge in [0.2, 0.25) is 5.75 Å². The summed E-state index contributed by atoms with van der Waals surface area (Å²) in [5, 5.41) is 0. The number of methoxy groups -OCH3 is 1. The maximum absolute atomic E-state index is 13.5. The summed E-state index contributed by atoms with van der Waals surface area (Å²) in [6.07, 6.45) is 1.90. The lowest BCUT2D eigenvalue weighted by Gasteiger charge is -2.26. The summed E-state index contributed by atoms with van der Waals surface area (Å²) >= 11 is 0. The minimum absolute atomic E-state index is 0.0294. The topological polar surface area (TPSA) is 57.2 Å². The van der Waals surface area contributed by atoms with Gasteiger partial charge in [-0.2, -0.15) is 0 Å². The van der Waals surface area contributed by atoms with E-state index in [1.807, 2.05) is 49.9 Å². The Morgan fingerprint density at radius 3 is 2.10 bits per heavy atom. The number of rotatable bonds is 9. The van der Waals surface area contributed by atoms with Crippen molar-refractivity contribution in [3.8, 4) is 23.0 Å². The highest BCUT2D eigenvalue weighted by atomic mass is 16.5. The zero-order valence-corrected chi connectivity index (χ0v) is 18.3. The predicted molar refractivity (Wildman–Crippen MR) is 116 cm³/mol. The first-order chi connectivity index (χ1) is 14.6. The summed E-state index contributed by atoms with van der Waals surface area (Å²) < 4.78 is 22.6. The average molecular weight is 414 g/mol. The first-order valence-corrected chi connectivity index (χ1v) is 10.6. The van der Waals surface area contributed by atoms with Crippen LogP contribution < -0.4 is 18.9 Å². The molecule has 0 bridgehead atoms. The van der Waals surface area contributed by atoms with E-state index in [0.29, 0.717) is 42.6 Å². The normalized spacial score (nSPS) is 15.7. The number of likely N-dealkylation sites (tertiary alicyclic amines) is 1. The molecule has 0 N–H and O–H groups in total. The molecule has 1 aliphatic heterocycles. The summed E-state index contributed by atoms with van der Waals surface area (Å²) in [6.45, 7) is 7.88. The quantitative estimate of drug-likeness (QED) is 0.587. The Morgan fingerprint density at radius 2 is 1.57 bits per heavy atom. The van der Waals surface area contributed by atoms with Gasteiger partial charge in [-0.3, -0.25) is 4.79 Å². The van der Waals surface area contributed by atoms with E-state index in [-0.39, 0.29) is 11.9 Å². The maximum atomic E-state index is 13.5. The smallest absolute Gasteiger partial charge is 0.254 e. The van der Waals surface area contributed by atoms with Gasteiger partial charge in [0.15, 0.2) is 11.5 Å². The van der Waals surface area contributed by atoms with E-state index in [0.717, 1.165) is 30.7 Å². The standard InChI is InChI=1S/C24H31NO5/c1-5-28-21-15-18(16-22(29-6-2)23(21)30-7-3)24(26)25-14-8-9-20(25)17-10-12-19(27-4)13-11-17/h10-13,15-16,20H,5-9,14H2,1-4H3. The van der Waals surface area contributed by atoms with Crippen LogP contribution in [0.3, 0.4) is 0 Å². The fourth-order valence-corrected chi connectivity index (χ4v) is 3.86. The summed E-state index contributed by atoms with van der Waals surface area (Å²) in [7, 11) is 1.65. The van der Waals surface area contributed by atoms with Gasteiger partial charge < -0.3 is 23.8 Å². The molecular weight excluding hydrogens is 382 g/mol. The third-order valence-electron chi connectivity index (χ3n) is 5.17. The van der Waals surface area contributed by atoms with Crippen LogP contribution in [0.2, 0.25) is 0 Å². The SMILES string of the molecule is CCOc1cc(C(=O)N2CCCC2c2ccc(OC)cc2)cc(OCC)c1OCC. The van der Waals surface area contributed by atoms with Crippen LogP contribution in [0.15, 0.2) is 36.4 Å². The molecule has 2 aromatic rings. The third-order valence-corrected chi connectivity index (χ3v) is 5.17. The second-order valence-electron chi connectivity index (χ2n) is 7.03. The molecule has 162 valence electrons. The van der Waals surface area contributed by atoms with Crippen LogP contribution in [0.1, 0.15) is 55.6 Å². The highest BCUT2D eigenvalue weighted by molar-refractivity contribution is 5.96. The molecule has 6 heteroatoms. The van der Waals surface area contributed by atoms with Crippen molar-refractivity contribution in [3.63, 3.8) is 0 Å². The molecule has 1 unspecified atom stereocenters. The molecule has 0 spiro atoms. The van der Waals surface area contributed by atoms with Gasteiger partial charge in [0.25, 0.3) is 5.91 Å². The number of ether oxygens (including phenoxy) is 4. The number of hydrogen-bond acceptors (Lipinski definition) is 5. The molecule has 1 fully saturated rings. The van der Waals surface area contributed by atoms with Gasteiger partial charge in [0.05, 0.1) is 33.0 Å².